The molecular formula is C28H19ClN4O. The first-order valence-corrected chi connectivity index (χ1v) is 11.5. The molecule has 34 heavy (non-hydrogen) atoms. The minimum atomic E-state index is -0.216. The molecule has 0 radical (unpaired) electrons. The zero-order valence-electron chi connectivity index (χ0n) is 18.1. The average molecular weight is 463 g/mol. The summed E-state index contributed by atoms with van der Waals surface area (Å²) in [5, 5.41) is 5.75. The van der Waals surface area contributed by atoms with Gasteiger partial charge in [0.05, 0.1) is 22.5 Å². The Balaban J connectivity index is 1.68. The molecule has 3 aromatic heterocycles. The number of nitrogens with zero attached hydrogens (tertiary/aromatic N) is 3. The summed E-state index contributed by atoms with van der Waals surface area (Å²) in [7, 11) is 0. The first-order valence-electron chi connectivity index (χ1n) is 10.9. The predicted octanol–water partition coefficient (Wildman–Crippen LogP) is 6.31. The number of rotatable bonds is 4. The fraction of sp³-hybridized carbons (Fsp3) is 0.0357. The molecular weight excluding hydrogens is 444 g/mol. The van der Waals surface area contributed by atoms with Crippen LogP contribution in [0.4, 0.5) is 0 Å². The van der Waals surface area contributed by atoms with E-state index < -0.39 is 0 Å². The zero-order chi connectivity index (χ0) is 23.1. The SMILES string of the molecule is O=c1c(-c2ccc3ncccc3c2)c(CCl)[nH]c2c(-c3ccccc3)c(-c3ccccc3)nn12. The lowest BCUT2D eigenvalue weighted by Gasteiger charge is -2.10. The van der Waals surface area contributed by atoms with E-state index in [1.165, 1.54) is 4.52 Å². The molecule has 0 bridgehead atoms. The highest BCUT2D eigenvalue weighted by Gasteiger charge is 2.22. The standard InChI is InChI=1S/C28H19ClN4O/c29-17-23-24(21-13-14-22-20(16-21)12-7-15-30-22)28(34)33-27(31-23)25(18-8-3-1-4-9-18)26(32-33)19-10-5-2-6-11-19/h1-16,31H,17H2. The number of hydrogen-bond donors (Lipinski definition) is 1. The molecule has 164 valence electrons. The Morgan fingerprint density at radius 1 is 0.794 bits per heavy atom. The van der Waals surface area contributed by atoms with Gasteiger partial charge in [-0.25, -0.2) is 0 Å². The molecule has 6 rings (SSSR count). The van der Waals surface area contributed by atoms with Gasteiger partial charge in [0.25, 0.3) is 5.56 Å². The predicted molar refractivity (Wildman–Crippen MR) is 137 cm³/mol. The summed E-state index contributed by atoms with van der Waals surface area (Å²) in [6.45, 7) is 0. The summed E-state index contributed by atoms with van der Waals surface area (Å²) in [5.41, 5.74) is 6.72. The molecule has 0 unspecified atom stereocenters. The van der Waals surface area contributed by atoms with Gasteiger partial charge in [0, 0.05) is 22.8 Å². The van der Waals surface area contributed by atoms with Crippen molar-refractivity contribution in [3.8, 4) is 33.5 Å². The number of aromatic amines is 1. The van der Waals surface area contributed by atoms with Crippen molar-refractivity contribution in [1.29, 1.82) is 0 Å². The van der Waals surface area contributed by atoms with E-state index in [2.05, 4.69) is 9.97 Å². The van der Waals surface area contributed by atoms with Crippen LogP contribution in [0.15, 0.2) is 102 Å². The summed E-state index contributed by atoms with van der Waals surface area (Å²) in [6, 6.07) is 29.5. The fourth-order valence-electron chi connectivity index (χ4n) is 4.43. The maximum Gasteiger partial charge on any atom is 0.282 e. The van der Waals surface area contributed by atoms with Crippen LogP contribution in [0.1, 0.15) is 5.69 Å². The number of nitrogens with one attached hydrogen (secondary N) is 1. The van der Waals surface area contributed by atoms with Crippen molar-refractivity contribution in [1.82, 2.24) is 19.6 Å². The van der Waals surface area contributed by atoms with Gasteiger partial charge in [-0.1, -0.05) is 72.8 Å². The van der Waals surface area contributed by atoms with Crippen molar-refractivity contribution in [2.24, 2.45) is 0 Å². The second kappa shape index (κ2) is 8.28. The first kappa shape index (κ1) is 20.4. The molecule has 0 fully saturated rings. The van der Waals surface area contributed by atoms with Gasteiger partial charge >= 0.3 is 0 Å². The van der Waals surface area contributed by atoms with E-state index in [9.17, 15) is 4.79 Å². The molecule has 0 aliphatic rings. The highest BCUT2D eigenvalue weighted by Crippen LogP contribution is 2.35. The van der Waals surface area contributed by atoms with E-state index in [1.54, 1.807) is 6.20 Å². The molecule has 0 atom stereocenters. The number of hydrogen-bond acceptors (Lipinski definition) is 3. The van der Waals surface area contributed by atoms with Crippen molar-refractivity contribution < 1.29 is 0 Å². The van der Waals surface area contributed by atoms with Gasteiger partial charge in [0.2, 0.25) is 0 Å². The number of pyridine rings is 1. The Hall–Kier alpha value is -4.22. The molecule has 3 aromatic carbocycles. The third-order valence-corrected chi connectivity index (χ3v) is 6.26. The maximum absolute atomic E-state index is 13.9. The van der Waals surface area contributed by atoms with E-state index in [0.717, 1.165) is 38.9 Å². The molecule has 0 aliphatic heterocycles. The quantitative estimate of drug-likeness (QED) is 0.312. The van der Waals surface area contributed by atoms with Crippen molar-refractivity contribution in [2.45, 2.75) is 5.88 Å². The lowest BCUT2D eigenvalue weighted by Crippen LogP contribution is -2.20. The number of alkyl halides is 1. The molecule has 0 spiro atoms. The van der Waals surface area contributed by atoms with Crippen LogP contribution >= 0.6 is 11.6 Å². The maximum atomic E-state index is 13.9. The Kier molecular flexibility index (Phi) is 4.97. The molecule has 0 aliphatic carbocycles. The molecule has 0 saturated carbocycles. The van der Waals surface area contributed by atoms with Crippen molar-refractivity contribution in [3.05, 3.63) is 113 Å². The molecule has 6 heteroatoms. The number of fused-ring (bicyclic) bond motifs is 2. The zero-order valence-corrected chi connectivity index (χ0v) is 18.8. The van der Waals surface area contributed by atoms with Gasteiger partial charge in [-0.3, -0.25) is 9.78 Å². The normalized spacial score (nSPS) is 11.3. The molecule has 0 saturated heterocycles. The minimum Gasteiger partial charge on any atom is -0.341 e. The van der Waals surface area contributed by atoms with Crippen LogP contribution in [0.5, 0.6) is 0 Å². The van der Waals surface area contributed by atoms with E-state index in [4.69, 9.17) is 16.7 Å². The molecule has 0 amide bonds. The second-order valence-electron chi connectivity index (χ2n) is 8.04. The van der Waals surface area contributed by atoms with E-state index in [-0.39, 0.29) is 11.4 Å². The summed E-state index contributed by atoms with van der Waals surface area (Å²) < 4.78 is 1.46. The summed E-state index contributed by atoms with van der Waals surface area (Å²) in [4.78, 5) is 21.7. The van der Waals surface area contributed by atoms with Crippen molar-refractivity contribution in [3.63, 3.8) is 0 Å². The van der Waals surface area contributed by atoms with Crippen LogP contribution in [0.3, 0.4) is 0 Å². The molecule has 5 nitrogen and oxygen atoms in total. The van der Waals surface area contributed by atoms with Gasteiger partial charge in [-0.05, 0) is 29.3 Å². The first-order chi connectivity index (χ1) is 16.7. The third-order valence-electron chi connectivity index (χ3n) is 6.00. The van der Waals surface area contributed by atoms with Crippen LogP contribution in [-0.4, -0.2) is 19.6 Å². The number of halogens is 1. The smallest absolute Gasteiger partial charge is 0.282 e. The number of benzene rings is 3. The van der Waals surface area contributed by atoms with Crippen LogP contribution in [-0.2, 0) is 5.88 Å². The van der Waals surface area contributed by atoms with Gasteiger partial charge in [-0.15, -0.1) is 11.6 Å². The summed E-state index contributed by atoms with van der Waals surface area (Å²) in [5.74, 6) is 0.159. The van der Waals surface area contributed by atoms with E-state index >= 15 is 0 Å². The highest BCUT2D eigenvalue weighted by atomic mass is 35.5. The van der Waals surface area contributed by atoms with Crippen LogP contribution in [0, 0.1) is 0 Å². The lowest BCUT2D eigenvalue weighted by atomic mass is 10.0. The highest BCUT2D eigenvalue weighted by molar-refractivity contribution is 6.17. The Morgan fingerprint density at radius 3 is 2.26 bits per heavy atom. The summed E-state index contributed by atoms with van der Waals surface area (Å²) in [6.07, 6.45) is 1.75. The van der Waals surface area contributed by atoms with Crippen molar-refractivity contribution >= 4 is 28.2 Å². The Morgan fingerprint density at radius 2 is 1.53 bits per heavy atom. The average Bonchev–Trinajstić information content (AvgIpc) is 3.29. The second-order valence-corrected chi connectivity index (χ2v) is 8.31. The molecule has 3 heterocycles. The Labute approximate surface area is 200 Å². The van der Waals surface area contributed by atoms with Gasteiger partial charge in [0.1, 0.15) is 11.3 Å². The molecule has 6 aromatic rings. The largest absolute Gasteiger partial charge is 0.341 e. The third kappa shape index (κ3) is 3.29. The fourth-order valence-corrected chi connectivity index (χ4v) is 4.63. The van der Waals surface area contributed by atoms with Gasteiger partial charge < -0.3 is 4.98 Å². The lowest BCUT2D eigenvalue weighted by molar-refractivity contribution is 0.894. The van der Waals surface area contributed by atoms with Gasteiger partial charge in [-0.2, -0.15) is 9.61 Å². The van der Waals surface area contributed by atoms with E-state index in [1.807, 2.05) is 91.0 Å². The summed E-state index contributed by atoms with van der Waals surface area (Å²) >= 11 is 6.38. The topological polar surface area (TPSA) is 63.0 Å². The van der Waals surface area contributed by atoms with E-state index in [0.29, 0.717) is 16.9 Å². The monoisotopic (exact) mass is 462 g/mol. The van der Waals surface area contributed by atoms with Crippen molar-refractivity contribution in [2.75, 3.05) is 0 Å². The molecule has 1 N–H and O–H groups in total. The van der Waals surface area contributed by atoms with Crippen LogP contribution in [0.2, 0.25) is 0 Å². The number of H-pyrrole nitrogens is 1. The Bertz CT molecular complexity index is 1710. The van der Waals surface area contributed by atoms with Gasteiger partial charge in [0.15, 0.2) is 0 Å². The van der Waals surface area contributed by atoms with Crippen LogP contribution in [0.25, 0.3) is 50.1 Å². The van der Waals surface area contributed by atoms with Crippen LogP contribution < -0.4 is 5.56 Å². The number of aromatic nitrogens is 4. The minimum absolute atomic E-state index is 0.159.